The highest BCUT2D eigenvalue weighted by atomic mass is 127. The number of aliphatic hydroxyl groups is 1. The molecule has 0 aromatic heterocycles. The van der Waals surface area contributed by atoms with Gasteiger partial charge in [0.2, 0.25) is 0 Å². The molecule has 2 rings (SSSR count). The summed E-state index contributed by atoms with van der Waals surface area (Å²) in [5.74, 6) is 1.90. The summed E-state index contributed by atoms with van der Waals surface area (Å²) in [5.41, 5.74) is 0. The van der Waals surface area contributed by atoms with Crippen LogP contribution in [0.4, 0.5) is 4.39 Å². The summed E-state index contributed by atoms with van der Waals surface area (Å²) in [6.07, 6.45) is 3.89. The molecule has 1 aliphatic rings. The first kappa shape index (κ1) is 22.5. The molecule has 1 fully saturated rings. The molecule has 0 amide bonds. The van der Waals surface area contributed by atoms with E-state index in [9.17, 15) is 9.50 Å². The van der Waals surface area contributed by atoms with Crippen LogP contribution in [0.3, 0.4) is 0 Å². The summed E-state index contributed by atoms with van der Waals surface area (Å²) < 4.78 is 12.8. The fourth-order valence-electron chi connectivity index (χ4n) is 2.78. The van der Waals surface area contributed by atoms with Crippen LogP contribution in [0.2, 0.25) is 0 Å². The number of rotatable bonds is 8. The van der Waals surface area contributed by atoms with Crippen molar-refractivity contribution in [1.29, 1.82) is 0 Å². The molecule has 1 aromatic carbocycles. The Morgan fingerprint density at radius 2 is 2.04 bits per heavy atom. The fraction of sp³-hybridized carbons (Fsp3) is 0.611. The standard InChI is InChI=1S/C18H28FN3OS.HI/c1-2-20-18(22-13-14-5-3-6-17(14)23)21-11-4-12-24-16-9-7-15(19)8-10-16;/h7-10,14,17,23H,2-6,11-13H2,1H3,(H2,20,21,22);1H. The minimum Gasteiger partial charge on any atom is -0.393 e. The number of guanidine groups is 1. The summed E-state index contributed by atoms with van der Waals surface area (Å²) in [6, 6.07) is 6.61. The van der Waals surface area contributed by atoms with Gasteiger partial charge in [-0.2, -0.15) is 0 Å². The Kier molecular flexibility index (Phi) is 11.5. The lowest BCUT2D eigenvalue weighted by atomic mass is 10.1. The average molecular weight is 481 g/mol. The van der Waals surface area contributed by atoms with Gasteiger partial charge in [0, 0.05) is 30.4 Å². The van der Waals surface area contributed by atoms with Crippen LogP contribution in [0.15, 0.2) is 34.2 Å². The second kappa shape index (κ2) is 12.8. The highest BCUT2D eigenvalue weighted by Gasteiger charge is 2.24. The molecular weight excluding hydrogens is 452 g/mol. The number of nitrogens with one attached hydrogen (secondary N) is 2. The van der Waals surface area contributed by atoms with Crippen LogP contribution in [0, 0.1) is 11.7 Å². The van der Waals surface area contributed by atoms with E-state index in [0.29, 0.717) is 12.5 Å². The molecule has 0 heterocycles. The van der Waals surface area contributed by atoms with Gasteiger partial charge in [0.15, 0.2) is 5.96 Å². The van der Waals surface area contributed by atoms with Crippen molar-refractivity contribution in [3.05, 3.63) is 30.1 Å². The monoisotopic (exact) mass is 481 g/mol. The highest BCUT2D eigenvalue weighted by Crippen LogP contribution is 2.25. The van der Waals surface area contributed by atoms with Gasteiger partial charge in [-0.05, 0) is 56.2 Å². The maximum Gasteiger partial charge on any atom is 0.191 e. The SMILES string of the molecule is CCNC(=NCC1CCCC1O)NCCCSc1ccc(F)cc1.I. The van der Waals surface area contributed by atoms with Crippen LogP contribution in [-0.2, 0) is 0 Å². The van der Waals surface area contributed by atoms with Crippen molar-refractivity contribution in [2.24, 2.45) is 10.9 Å². The zero-order valence-corrected chi connectivity index (χ0v) is 17.9. The molecule has 1 aliphatic carbocycles. The quantitative estimate of drug-likeness (QED) is 0.175. The number of aliphatic imine (C=N–C) groups is 1. The Labute approximate surface area is 171 Å². The zero-order chi connectivity index (χ0) is 17.2. The predicted molar refractivity (Wildman–Crippen MR) is 114 cm³/mol. The molecule has 0 saturated heterocycles. The largest absolute Gasteiger partial charge is 0.393 e. The van der Waals surface area contributed by atoms with Gasteiger partial charge in [0.1, 0.15) is 5.82 Å². The summed E-state index contributed by atoms with van der Waals surface area (Å²) in [7, 11) is 0. The van der Waals surface area contributed by atoms with E-state index < -0.39 is 0 Å². The highest BCUT2D eigenvalue weighted by molar-refractivity contribution is 14.0. The number of nitrogens with zero attached hydrogens (tertiary/aromatic N) is 1. The Hall–Kier alpha value is -0.540. The normalized spacial score (nSPS) is 20.2. The van der Waals surface area contributed by atoms with Gasteiger partial charge in [-0.15, -0.1) is 35.7 Å². The first-order chi connectivity index (χ1) is 11.7. The average Bonchev–Trinajstić information content (AvgIpc) is 2.99. The third-order valence-corrected chi connectivity index (χ3v) is 5.24. The van der Waals surface area contributed by atoms with Crippen LogP contribution in [-0.4, -0.2) is 42.6 Å². The van der Waals surface area contributed by atoms with Gasteiger partial charge >= 0.3 is 0 Å². The third kappa shape index (κ3) is 8.59. The van der Waals surface area contributed by atoms with Crippen molar-refractivity contribution in [3.63, 3.8) is 0 Å². The van der Waals surface area contributed by atoms with Crippen LogP contribution in [0.5, 0.6) is 0 Å². The molecule has 7 heteroatoms. The minimum atomic E-state index is -0.195. The molecule has 1 aromatic rings. The Morgan fingerprint density at radius 1 is 1.28 bits per heavy atom. The van der Waals surface area contributed by atoms with E-state index >= 15 is 0 Å². The topological polar surface area (TPSA) is 56.7 Å². The molecule has 2 atom stereocenters. The predicted octanol–water partition coefficient (Wildman–Crippen LogP) is 3.64. The number of halogens is 2. The molecule has 2 unspecified atom stereocenters. The summed E-state index contributed by atoms with van der Waals surface area (Å²) in [4.78, 5) is 5.69. The van der Waals surface area contributed by atoms with Gasteiger partial charge in [0.25, 0.3) is 0 Å². The van der Waals surface area contributed by atoms with Gasteiger partial charge in [0.05, 0.1) is 6.10 Å². The van der Waals surface area contributed by atoms with Crippen molar-refractivity contribution < 1.29 is 9.50 Å². The maximum atomic E-state index is 12.8. The lowest BCUT2D eigenvalue weighted by Gasteiger charge is -2.14. The fourth-order valence-corrected chi connectivity index (χ4v) is 3.63. The first-order valence-electron chi connectivity index (χ1n) is 8.77. The van der Waals surface area contributed by atoms with E-state index in [1.807, 2.05) is 19.1 Å². The van der Waals surface area contributed by atoms with Gasteiger partial charge in [-0.25, -0.2) is 4.39 Å². The zero-order valence-electron chi connectivity index (χ0n) is 14.7. The smallest absolute Gasteiger partial charge is 0.191 e. The van der Waals surface area contributed by atoms with Crippen molar-refractivity contribution in [2.45, 2.75) is 43.6 Å². The summed E-state index contributed by atoms with van der Waals surface area (Å²) >= 11 is 1.73. The number of benzene rings is 1. The van der Waals surface area contributed by atoms with Crippen molar-refractivity contribution in [3.8, 4) is 0 Å². The minimum absolute atomic E-state index is 0. The summed E-state index contributed by atoms with van der Waals surface area (Å²) in [6.45, 7) is 4.39. The van der Waals surface area contributed by atoms with Crippen molar-refractivity contribution >= 4 is 41.7 Å². The number of thioether (sulfide) groups is 1. The van der Waals surface area contributed by atoms with E-state index in [0.717, 1.165) is 55.4 Å². The molecular formula is C18H29FIN3OS. The Balaban J connectivity index is 0.00000312. The van der Waals surface area contributed by atoms with E-state index in [2.05, 4.69) is 15.6 Å². The number of aliphatic hydroxyl groups excluding tert-OH is 1. The van der Waals surface area contributed by atoms with Gasteiger partial charge in [-0.3, -0.25) is 4.99 Å². The Morgan fingerprint density at radius 3 is 2.68 bits per heavy atom. The molecule has 1 saturated carbocycles. The van der Waals surface area contributed by atoms with E-state index in [1.54, 1.807) is 11.8 Å². The molecule has 4 nitrogen and oxygen atoms in total. The number of hydrogen-bond acceptors (Lipinski definition) is 3. The molecule has 25 heavy (non-hydrogen) atoms. The molecule has 142 valence electrons. The molecule has 0 aliphatic heterocycles. The van der Waals surface area contributed by atoms with E-state index in [1.165, 1.54) is 12.1 Å². The molecule has 0 bridgehead atoms. The third-order valence-electron chi connectivity index (χ3n) is 4.14. The van der Waals surface area contributed by atoms with Crippen LogP contribution in [0.1, 0.15) is 32.6 Å². The summed E-state index contributed by atoms with van der Waals surface area (Å²) in [5, 5.41) is 16.5. The Bertz CT molecular complexity index is 516. The van der Waals surface area contributed by atoms with Crippen LogP contribution >= 0.6 is 35.7 Å². The first-order valence-corrected chi connectivity index (χ1v) is 9.76. The van der Waals surface area contributed by atoms with Gasteiger partial charge < -0.3 is 15.7 Å². The second-order valence-electron chi connectivity index (χ2n) is 6.06. The van der Waals surface area contributed by atoms with Crippen LogP contribution < -0.4 is 10.6 Å². The molecule has 3 N–H and O–H groups in total. The van der Waals surface area contributed by atoms with Crippen molar-refractivity contribution in [1.82, 2.24) is 10.6 Å². The maximum absolute atomic E-state index is 12.8. The van der Waals surface area contributed by atoms with E-state index in [4.69, 9.17) is 0 Å². The lowest BCUT2D eigenvalue weighted by Crippen LogP contribution is -2.38. The molecule has 0 radical (unpaired) electrons. The van der Waals surface area contributed by atoms with Gasteiger partial charge in [-0.1, -0.05) is 6.42 Å². The van der Waals surface area contributed by atoms with Crippen LogP contribution in [0.25, 0.3) is 0 Å². The number of hydrogen-bond donors (Lipinski definition) is 3. The van der Waals surface area contributed by atoms with Crippen molar-refractivity contribution in [2.75, 3.05) is 25.4 Å². The lowest BCUT2D eigenvalue weighted by molar-refractivity contribution is 0.136. The second-order valence-corrected chi connectivity index (χ2v) is 7.23. The molecule has 0 spiro atoms. The van der Waals surface area contributed by atoms with E-state index in [-0.39, 0.29) is 35.9 Å².